The van der Waals surface area contributed by atoms with Gasteiger partial charge in [-0.1, -0.05) is 6.92 Å². The first-order valence-electron chi connectivity index (χ1n) is 6.83. The van der Waals surface area contributed by atoms with Crippen molar-refractivity contribution in [1.29, 1.82) is 0 Å². The molecule has 0 saturated carbocycles. The van der Waals surface area contributed by atoms with Crippen molar-refractivity contribution in [1.82, 2.24) is 9.13 Å². The molecule has 2 heterocycles. The molecule has 7 heteroatoms. The Hall–Kier alpha value is -2.15. The summed E-state index contributed by atoms with van der Waals surface area (Å²) in [5, 5.41) is 10.9. The molecule has 7 nitrogen and oxygen atoms in total. The molecule has 1 saturated heterocycles. The highest BCUT2D eigenvalue weighted by atomic mass is 16.6. The predicted octanol–water partition coefficient (Wildman–Crippen LogP) is 1.67. The van der Waals surface area contributed by atoms with Crippen LogP contribution < -0.4 is 5.69 Å². The summed E-state index contributed by atoms with van der Waals surface area (Å²) >= 11 is 0. The summed E-state index contributed by atoms with van der Waals surface area (Å²) in [7, 11) is 1.68. The molecule has 21 heavy (non-hydrogen) atoms. The molecule has 0 unspecified atom stereocenters. The SMILES string of the molecule is Cn1c(=O)n(CCC2(C)COC2)c2cc([N+](=O)[O-])ccc21. The van der Waals surface area contributed by atoms with Gasteiger partial charge in [-0.2, -0.15) is 0 Å². The van der Waals surface area contributed by atoms with E-state index in [2.05, 4.69) is 6.92 Å². The van der Waals surface area contributed by atoms with Gasteiger partial charge in [0, 0.05) is 31.1 Å². The highest BCUT2D eigenvalue weighted by Gasteiger charge is 2.33. The fraction of sp³-hybridized carbons (Fsp3) is 0.500. The Balaban J connectivity index is 2.03. The van der Waals surface area contributed by atoms with E-state index in [0.717, 1.165) is 6.42 Å². The molecule has 0 radical (unpaired) electrons. The first-order chi connectivity index (χ1) is 9.91. The van der Waals surface area contributed by atoms with Crippen LogP contribution >= 0.6 is 0 Å². The zero-order valence-electron chi connectivity index (χ0n) is 12.0. The zero-order valence-corrected chi connectivity index (χ0v) is 12.0. The fourth-order valence-electron chi connectivity index (χ4n) is 2.71. The van der Waals surface area contributed by atoms with Crippen molar-refractivity contribution < 1.29 is 9.66 Å². The maximum Gasteiger partial charge on any atom is 0.328 e. The summed E-state index contributed by atoms with van der Waals surface area (Å²) in [5.74, 6) is 0. The Morgan fingerprint density at radius 1 is 1.38 bits per heavy atom. The third kappa shape index (κ3) is 2.23. The Kier molecular flexibility index (Phi) is 3.09. The van der Waals surface area contributed by atoms with Crippen LogP contribution in [0.2, 0.25) is 0 Å². The number of benzene rings is 1. The van der Waals surface area contributed by atoms with Gasteiger partial charge in [-0.15, -0.1) is 0 Å². The van der Waals surface area contributed by atoms with Crippen LogP contribution in [0.5, 0.6) is 0 Å². The van der Waals surface area contributed by atoms with E-state index in [9.17, 15) is 14.9 Å². The van der Waals surface area contributed by atoms with Gasteiger partial charge in [0.15, 0.2) is 0 Å². The van der Waals surface area contributed by atoms with Crippen LogP contribution in [-0.2, 0) is 18.3 Å². The number of aryl methyl sites for hydroxylation is 2. The van der Waals surface area contributed by atoms with Crippen molar-refractivity contribution in [2.75, 3.05) is 13.2 Å². The smallest absolute Gasteiger partial charge is 0.328 e. The van der Waals surface area contributed by atoms with Crippen LogP contribution in [0.3, 0.4) is 0 Å². The summed E-state index contributed by atoms with van der Waals surface area (Å²) in [4.78, 5) is 22.8. The number of nitro benzene ring substituents is 1. The Labute approximate surface area is 120 Å². The molecule has 0 atom stereocenters. The molecular formula is C14H17N3O4. The molecule has 112 valence electrons. The van der Waals surface area contributed by atoms with E-state index >= 15 is 0 Å². The van der Waals surface area contributed by atoms with E-state index in [1.165, 1.54) is 16.7 Å². The second-order valence-corrected chi connectivity index (χ2v) is 5.98. The molecule has 1 aliphatic rings. The van der Waals surface area contributed by atoms with E-state index in [0.29, 0.717) is 30.8 Å². The van der Waals surface area contributed by atoms with Crippen molar-refractivity contribution in [3.8, 4) is 0 Å². The van der Waals surface area contributed by atoms with Gasteiger partial charge in [0.1, 0.15) is 0 Å². The minimum Gasteiger partial charge on any atom is -0.380 e. The van der Waals surface area contributed by atoms with Gasteiger partial charge >= 0.3 is 5.69 Å². The minimum atomic E-state index is -0.442. The van der Waals surface area contributed by atoms with E-state index in [-0.39, 0.29) is 16.8 Å². The number of hydrogen-bond acceptors (Lipinski definition) is 4. The third-order valence-electron chi connectivity index (χ3n) is 4.18. The second-order valence-electron chi connectivity index (χ2n) is 5.98. The van der Waals surface area contributed by atoms with Gasteiger partial charge in [-0.05, 0) is 12.5 Å². The second kappa shape index (κ2) is 4.70. The number of hydrogen-bond donors (Lipinski definition) is 0. The standard InChI is InChI=1S/C14H17N3O4/c1-14(8-21-9-14)5-6-16-12-7-10(17(19)20)3-4-11(12)15(2)13(16)18/h3-4,7H,5-6,8-9H2,1-2H3. The molecule has 0 bridgehead atoms. The van der Waals surface area contributed by atoms with Crippen molar-refractivity contribution in [2.45, 2.75) is 19.9 Å². The molecule has 0 amide bonds. The topological polar surface area (TPSA) is 79.3 Å². The van der Waals surface area contributed by atoms with E-state index < -0.39 is 4.92 Å². The normalized spacial score (nSPS) is 16.9. The zero-order chi connectivity index (χ0) is 15.2. The van der Waals surface area contributed by atoms with Gasteiger partial charge in [0.05, 0.1) is 29.2 Å². The van der Waals surface area contributed by atoms with Crippen LogP contribution in [0.25, 0.3) is 11.0 Å². The number of non-ortho nitro benzene ring substituents is 1. The Bertz CT molecular complexity index is 770. The Morgan fingerprint density at radius 3 is 2.67 bits per heavy atom. The minimum absolute atomic E-state index is 0.0000363. The lowest BCUT2D eigenvalue weighted by atomic mass is 9.85. The predicted molar refractivity (Wildman–Crippen MR) is 77.4 cm³/mol. The lowest BCUT2D eigenvalue weighted by Gasteiger charge is -2.38. The van der Waals surface area contributed by atoms with Crippen LogP contribution in [0.1, 0.15) is 13.3 Å². The summed E-state index contributed by atoms with van der Waals surface area (Å²) in [6.45, 7) is 4.06. The maximum atomic E-state index is 12.3. The van der Waals surface area contributed by atoms with Gasteiger partial charge in [-0.25, -0.2) is 4.79 Å². The number of aromatic nitrogens is 2. The van der Waals surface area contributed by atoms with Crippen molar-refractivity contribution in [3.63, 3.8) is 0 Å². The number of nitro groups is 1. The quantitative estimate of drug-likeness (QED) is 0.634. The van der Waals surface area contributed by atoms with Crippen LogP contribution in [-0.4, -0.2) is 27.3 Å². The average Bonchev–Trinajstić information content (AvgIpc) is 2.66. The van der Waals surface area contributed by atoms with Crippen molar-refractivity contribution in [2.24, 2.45) is 12.5 Å². The summed E-state index contributed by atoms with van der Waals surface area (Å²) in [6.07, 6.45) is 0.814. The number of nitrogens with zero attached hydrogens (tertiary/aromatic N) is 3. The van der Waals surface area contributed by atoms with Gasteiger partial charge in [-0.3, -0.25) is 19.2 Å². The number of rotatable bonds is 4. The molecular weight excluding hydrogens is 274 g/mol. The first-order valence-corrected chi connectivity index (χ1v) is 6.83. The molecule has 1 aromatic carbocycles. The lowest BCUT2D eigenvalue weighted by Crippen LogP contribution is -2.41. The van der Waals surface area contributed by atoms with Crippen LogP contribution in [0.15, 0.2) is 23.0 Å². The largest absolute Gasteiger partial charge is 0.380 e. The van der Waals surface area contributed by atoms with Crippen molar-refractivity contribution in [3.05, 3.63) is 38.8 Å². The first kappa shape index (κ1) is 13.8. The molecule has 3 rings (SSSR count). The molecule has 0 spiro atoms. The van der Waals surface area contributed by atoms with Crippen LogP contribution in [0, 0.1) is 15.5 Å². The molecule has 1 aromatic heterocycles. The molecule has 1 fully saturated rings. The summed E-state index contributed by atoms with van der Waals surface area (Å²) in [5.41, 5.74) is 1.28. The molecule has 2 aromatic rings. The van der Waals surface area contributed by atoms with Crippen molar-refractivity contribution >= 4 is 16.7 Å². The van der Waals surface area contributed by atoms with E-state index in [1.807, 2.05) is 0 Å². The number of imidazole rings is 1. The monoisotopic (exact) mass is 291 g/mol. The highest BCUT2D eigenvalue weighted by molar-refractivity contribution is 5.78. The number of ether oxygens (including phenoxy) is 1. The molecule has 0 aliphatic carbocycles. The summed E-state index contributed by atoms with van der Waals surface area (Å²) < 4.78 is 8.36. The fourth-order valence-corrected chi connectivity index (χ4v) is 2.71. The Morgan fingerprint density at radius 2 is 2.10 bits per heavy atom. The van der Waals surface area contributed by atoms with Gasteiger partial charge < -0.3 is 4.74 Å². The molecule has 1 aliphatic heterocycles. The van der Waals surface area contributed by atoms with Gasteiger partial charge in [0.25, 0.3) is 5.69 Å². The third-order valence-corrected chi connectivity index (χ3v) is 4.18. The van der Waals surface area contributed by atoms with Crippen LogP contribution in [0.4, 0.5) is 5.69 Å². The van der Waals surface area contributed by atoms with E-state index in [4.69, 9.17) is 4.74 Å². The average molecular weight is 291 g/mol. The lowest BCUT2D eigenvalue weighted by molar-refractivity contribution is -0.384. The molecule has 0 N–H and O–H groups in total. The summed E-state index contributed by atoms with van der Waals surface area (Å²) in [6, 6.07) is 4.52. The van der Waals surface area contributed by atoms with Gasteiger partial charge in [0.2, 0.25) is 0 Å². The van der Waals surface area contributed by atoms with E-state index in [1.54, 1.807) is 17.7 Å². The number of fused-ring (bicyclic) bond motifs is 1. The maximum absolute atomic E-state index is 12.3. The highest BCUT2D eigenvalue weighted by Crippen LogP contribution is 2.31.